The molecule has 34 heavy (non-hydrogen) atoms. The summed E-state index contributed by atoms with van der Waals surface area (Å²) >= 11 is 1.16. The molecule has 2 aromatic carbocycles. The third kappa shape index (κ3) is 4.89. The molecule has 1 N–H and O–H groups in total. The summed E-state index contributed by atoms with van der Waals surface area (Å²) in [5, 5.41) is 22.7. The Bertz CT molecular complexity index is 1300. The zero-order valence-corrected chi connectivity index (χ0v) is 19.0. The van der Waals surface area contributed by atoms with Gasteiger partial charge in [0.05, 0.1) is 37.9 Å². The van der Waals surface area contributed by atoms with E-state index in [4.69, 9.17) is 13.9 Å². The van der Waals surface area contributed by atoms with Gasteiger partial charge in [0.1, 0.15) is 11.5 Å². The summed E-state index contributed by atoms with van der Waals surface area (Å²) in [4.78, 5) is 23.8. The van der Waals surface area contributed by atoms with Gasteiger partial charge < -0.3 is 29.1 Å². The van der Waals surface area contributed by atoms with Crippen LogP contribution in [-0.4, -0.2) is 46.6 Å². The molecule has 4 rings (SSSR count). The predicted octanol–water partition coefficient (Wildman–Crippen LogP) is 2.64. The lowest BCUT2D eigenvalue weighted by Gasteiger charge is -2.12. The number of carbonyl (C=O) groups is 2. The molecule has 4 aromatic rings. The fourth-order valence-corrected chi connectivity index (χ4v) is 3.89. The molecule has 0 radical (unpaired) electrons. The summed E-state index contributed by atoms with van der Waals surface area (Å²) < 4.78 is 17.7. The molecular formula is C23H19N4O6S-. The third-order valence-corrected chi connectivity index (χ3v) is 5.68. The molecule has 0 bridgehead atoms. The Hall–Kier alpha value is -4.25. The lowest BCUT2D eigenvalue weighted by atomic mass is 10.2. The van der Waals surface area contributed by atoms with Crippen LogP contribution in [0.5, 0.6) is 11.5 Å². The molecule has 11 heteroatoms. The molecule has 0 spiro atoms. The van der Waals surface area contributed by atoms with E-state index in [-0.39, 0.29) is 17.2 Å². The zero-order valence-electron chi connectivity index (χ0n) is 18.2. The van der Waals surface area contributed by atoms with Gasteiger partial charge in [0.2, 0.25) is 11.7 Å². The average molecular weight is 479 g/mol. The normalized spacial score (nSPS) is 10.6. The first-order valence-electron chi connectivity index (χ1n) is 9.96. The molecule has 2 heterocycles. The number of thioether (sulfide) groups is 1. The lowest BCUT2D eigenvalue weighted by Crippen LogP contribution is -2.22. The number of carbonyl (C=O) groups excluding carboxylic acids is 2. The molecule has 1 amide bonds. The summed E-state index contributed by atoms with van der Waals surface area (Å²) in [5.74, 6) is 0.395. The summed E-state index contributed by atoms with van der Waals surface area (Å²) in [5.41, 5.74) is 1.11. The Morgan fingerprint density at radius 2 is 1.88 bits per heavy atom. The van der Waals surface area contributed by atoms with E-state index in [1.54, 1.807) is 47.0 Å². The van der Waals surface area contributed by atoms with Crippen molar-refractivity contribution in [2.75, 3.05) is 25.3 Å². The summed E-state index contributed by atoms with van der Waals surface area (Å²) in [6.07, 6.45) is 1.51. The number of nitrogens with zero attached hydrogens (tertiary/aromatic N) is 3. The van der Waals surface area contributed by atoms with Crippen molar-refractivity contribution in [2.45, 2.75) is 5.16 Å². The number of carboxylic acid groups (broad SMARTS) is 1. The molecule has 0 aliphatic rings. The fraction of sp³-hybridized carbons (Fsp3) is 0.130. The number of anilines is 1. The molecule has 0 aliphatic carbocycles. The SMILES string of the molecule is COc1ccc(OC)c(NC(=O)CSc2nnc(-c3ccco3)n2-c2ccc(C(=O)[O-])cc2)c1. The molecule has 0 aliphatic heterocycles. The quantitative estimate of drug-likeness (QED) is 0.360. The number of amides is 1. The monoisotopic (exact) mass is 479 g/mol. The van der Waals surface area contributed by atoms with Gasteiger partial charge in [0.25, 0.3) is 0 Å². The van der Waals surface area contributed by atoms with Crippen molar-refractivity contribution in [3.63, 3.8) is 0 Å². The number of aromatic nitrogens is 3. The standard InChI is InChI=1S/C23H20N4O6S/c1-31-16-9-10-18(32-2)17(12-16)24-20(28)13-34-23-26-25-21(19-4-3-11-33-19)27(23)15-7-5-14(6-8-15)22(29)30/h3-12H,13H2,1-2H3,(H,24,28)(H,29,30)/p-1. The van der Waals surface area contributed by atoms with Crippen molar-refractivity contribution in [2.24, 2.45) is 0 Å². The molecule has 10 nitrogen and oxygen atoms in total. The van der Waals surface area contributed by atoms with Crippen LogP contribution in [0.2, 0.25) is 0 Å². The number of aromatic carboxylic acids is 1. The Labute approximate surface area is 198 Å². The van der Waals surface area contributed by atoms with Crippen LogP contribution in [0, 0.1) is 0 Å². The van der Waals surface area contributed by atoms with E-state index >= 15 is 0 Å². The Balaban J connectivity index is 1.58. The Morgan fingerprint density at radius 3 is 2.53 bits per heavy atom. The summed E-state index contributed by atoms with van der Waals surface area (Å²) in [6, 6.07) is 14.6. The zero-order chi connectivity index (χ0) is 24.1. The number of ether oxygens (including phenoxy) is 2. The first-order valence-corrected chi connectivity index (χ1v) is 10.9. The minimum Gasteiger partial charge on any atom is -0.545 e. The number of hydrogen-bond donors (Lipinski definition) is 1. The van der Waals surface area contributed by atoms with E-state index in [1.165, 1.54) is 32.6 Å². The first-order chi connectivity index (χ1) is 16.5. The highest BCUT2D eigenvalue weighted by molar-refractivity contribution is 7.99. The van der Waals surface area contributed by atoms with Crippen LogP contribution in [0.25, 0.3) is 17.3 Å². The van der Waals surface area contributed by atoms with Crippen LogP contribution in [0.15, 0.2) is 70.4 Å². The maximum atomic E-state index is 12.7. The summed E-state index contributed by atoms with van der Waals surface area (Å²) in [6.45, 7) is 0. The maximum absolute atomic E-state index is 12.7. The minimum absolute atomic E-state index is 0.0216. The Kier molecular flexibility index (Phi) is 6.83. The predicted molar refractivity (Wildman–Crippen MR) is 122 cm³/mol. The molecule has 0 atom stereocenters. The number of benzene rings is 2. The number of rotatable bonds is 9. The second-order valence-corrected chi connectivity index (χ2v) is 7.80. The summed E-state index contributed by atoms with van der Waals surface area (Å²) in [7, 11) is 3.04. The molecule has 0 saturated heterocycles. The van der Waals surface area contributed by atoms with E-state index in [0.29, 0.717) is 39.6 Å². The van der Waals surface area contributed by atoms with Crippen molar-refractivity contribution in [1.82, 2.24) is 14.8 Å². The smallest absolute Gasteiger partial charge is 0.234 e. The van der Waals surface area contributed by atoms with Crippen LogP contribution in [0.4, 0.5) is 5.69 Å². The van der Waals surface area contributed by atoms with Gasteiger partial charge in [0.15, 0.2) is 10.9 Å². The fourth-order valence-electron chi connectivity index (χ4n) is 3.14. The molecule has 0 saturated carbocycles. The van der Waals surface area contributed by atoms with Crippen LogP contribution in [0.3, 0.4) is 0 Å². The first kappa shape index (κ1) is 22.9. The largest absolute Gasteiger partial charge is 0.545 e. The van der Waals surface area contributed by atoms with Gasteiger partial charge in [-0.1, -0.05) is 23.9 Å². The number of carboxylic acids is 1. The average Bonchev–Trinajstić information content (AvgIpc) is 3.52. The van der Waals surface area contributed by atoms with Crippen molar-refractivity contribution in [3.05, 3.63) is 66.4 Å². The maximum Gasteiger partial charge on any atom is 0.234 e. The number of hydrogen-bond acceptors (Lipinski definition) is 9. The molecular weight excluding hydrogens is 460 g/mol. The molecule has 174 valence electrons. The molecule has 2 aromatic heterocycles. The van der Waals surface area contributed by atoms with Gasteiger partial charge in [0, 0.05) is 11.8 Å². The molecule has 0 fully saturated rings. The van der Waals surface area contributed by atoms with E-state index < -0.39 is 5.97 Å². The van der Waals surface area contributed by atoms with Gasteiger partial charge in [-0.05, 0) is 42.0 Å². The van der Waals surface area contributed by atoms with Gasteiger partial charge in [-0.15, -0.1) is 10.2 Å². The van der Waals surface area contributed by atoms with Crippen molar-refractivity contribution >= 4 is 29.3 Å². The highest BCUT2D eigenvalue weighted by Gasteiger charge is 2.19. The van der Waals surface area contributed by atoms with Gasteiger partial charge in [-0.3, -0.25) is 9.36 Å². The van der Waals surface area contributed by atoms with Crippen molar-refractivity contribution < 1.29 is 28.6 Å². The topological polar surface area (TPSA) is 132 Å². The lowest BCUT2D eigenvalue weighted by molar-refractivity contribution is -0.255. The van der Waals surface area contributed by atoms with Gasteiger partial charge in [-0.25, -0.2) is 0 Å². The number of methoxy groups -OCH3 is 2. The second-order valence-electron chi connectivity index (χ2n) is 6.86. The van der Waals surface area contributed by atoms with E-state index in [9.17, 15) is 14.7 Å². The Morgan fingerprint density at radius 1 is 1.09 bits per heavy atom. The number of nitrogens with one attached hydrogen (secondary N) is 1. The highest BCUT2D eigenvalue weighted by Crippen LogP contribution is 2.31. The molecule has 0 unspecified atom stereocenters. The van der Waals surface area contributed by atoms with Crippen molar-refractivity contribution in [3.8, 4) is 28.8 Å². The second kappa shape index (κ2) is 10.1. The highest BCUT2D eigenvalue weighted by atomic mass is 32.2. The van der Waals surface area contributed by atoms with Crippen LogP contribution in [-0.2, 0) is 4.79 Å². The van der Waals surface area contributed by atoms with E-state index in [2.05, 4.69) is 15.5 Å². The van der Waals surface area contributed by atoms with Crippen LogP contribution >= 0.6 is 11.8 Å². The minimum atomic E-state index is -1.28. The van der Waals surface area contributed by atoms with Crippen molar-refractivity contribution in [1.29, 1.82) is 0 Å². The van der Waals surface area contributed by atoms with Gasteiger partial charge >= 0.3 is 0 Å². The van der Waals surface area contributed by atoms with Crippen LogP contribution < -0.4 is 19.9 Å². The van der Waals surface area contributed by atoms with Crippen LogP contribution in [0.1, 0.15) is 10.4 Å². The third-order valence-electron chi connectivity index (χ3n) is 4.75. The number of furan rings is 1. The van der Waals surface area contributed by atoms with E-state index in [0.717, 1.165) is 11.8 Å². The van der Waals surface area contributed by atoms with E-state index in [1.807, 2.05) is 0 Å². The van der Waals surface area contributed by atoms with Gasteiger partial charge in [-0.2, -0.15) is 0 Å².